The second-order valence-electron chi connectivity index (χ2n) is 6.65. The largest absolute Gasteiger partial charge is 0.465 e. The van der Waals surface area contributed by atoms with E-state index >= 15 is 0 Å². The minimum Gasteiger partial charge on any atom is -0.465 e. The first-order chi connectivity index (χ1) is 10.4. The molecule has 0 aliphatic carbocycles. The standard InChI is InChI=1S/C15H28N2O4S/c1-4-21-15(18)14-7-5-6-8-17(14)22(19,20)16-10-12(2)9-13(3)11-16/h12-14H,4-11H2,1-3H3. The van der Waals surface area contributed by atoms with Crippen molar-refractivity contribution in [1.82, 2.24) is 8.61 Å². The molecular formula is C15H28N2O4S. The number of hydrogen-bond donors (Lipinski definition) is 0. The lowest BCUT2D eigenvalue weighted by Gasteiger charge is -2.40. The highest BCUT2D eigenvalue weighted by atomic mass is 32.2. The highest BCUT2D eigenvalue weighted by molar-refractivity contribution is 7.86. The van der Waals surface area contributed by atoms with E-state index in [-0.39, 0.29) is 6.61 Å². The van der Waals surface area contributed by atoms with Crippen molar-refractivity contribution in [2.24, 2.45) is 11.8 Å². The number of carbonyl (C=O) groups excluding carboxylic acids is 1. The number of nitrogens with zero attached hydrogens (tertiary/aromatic N) is 2. The Balaban J connectivity index is 2.19. The molecule has 22 heavy (non-hydrogen) atoms. The second-order valence-corrected chi connectivity index (χ2v) is 8.53. The molecule has 6 nitrogen and oxygen atoms in total. The molecule has 0 aromatic rings. The average Bonchev–Trinajstić information content (AvgIpc) is 2.46. The van der Waals surface area contributed by atoms with Crippen molar-refractivity contribution in [3.63, 3.8) is 0 Å². The van der Waals surface area contributed by atoms with Gasteiger partial charge in [-0.05, 0) is 44.4 Å². The van der Waals surface area contributed by atoms with E-state index in [4.69, 9.17) is 4.74 Å². The molecule has 7 heteroatoms. The summed E-state index contributed by atoms with van der Waals surface area (Å²) >= 11 is 0. The van der Waals surface area contributed by atoms with Gasteiger partial charge in [0.15, 0.2) is 0 Å². The van der Waals surface area contributed by atoms with Crippen LogP contribution in [0.5, 0.6) is 0 Å². The van der Waals surface area contributed by atoms with Crippen LogP contribution in [0.25, 0.3) is 0 Å². The maximum absolute atomic E-state index is 13.0. The number of rotatable bonds is 4. The minimum absolute atomic E-state index is 0.279. The summed E-state index contributed by atoms with van der Waals surface area (Å²) in [5, 5.41) is 0. The lowest BCUT2D eigenvalue weighted by Crippen LogP contribution is -2.56. The van der Waals surface area contributed by atoms with Gasteiger partial charge >= 0.3 is 5.97 Å². The fourth-order valence-electron chi connectivity index (χ4n) is 3.60. The molecular weight excluding hydrogens is 304 g/mol. The third-order valence-electron chi connectivity index (χ3n) is 4.47. The van der Waals surface area contributed by atoms with Gasteiger partial charge in [0.25, 0.3) is 10.2 Å². The number of esters is 1. The molecule has 0 spiro atoms. The fourth-order valence-corrected chi connectivity index (χ4v) is 5.65. The molecule has 0 bridgehead atoms. The highest BCUT2D eigenvalue weighted by Gasteiger charge is 2.42. The predicted molar refractivity (Wildman–Crippen MR) is 84.4 cm³/mol. The van der Waals surface area contributed by atoms with Gasteiger partial charge in [-0.25, -0.2) is 0 Å². The van der Waals surface area contributed by atoms with Crippen LogP contribution in [0.3, 0.4) is 0 Å². The Morgan fingerprint density at radius 2 is 1.82 bits per heavy atom. The molecule has 0 saturated carbocycles. The first kappa shape index (κ1) is 17.7. The van der Waals surface area contributed by atoms with Crippen molar-refractivity contribution in [1.29, 1.82) is 0 Å². The second kappa shape index (κ2) is 7.27. The van der Waals surface area contributed by atoms with Crippen molar-refractivity contribution >= 4 is 16.2 Å². The van der Waals surface area contributed by atoms with Crippen molar-refractivity contribution in [2.45, 2.75) is 52.5 Å². The van der Waals surface area contributed by atoms with Crippen molar-refractivity contribution < 1.29 is 17.9 Å². The molecule has 3 atom stereocenters. The molecule has 0 amide bonds. The van der Waals surface area contributed by atoms with E-state index in [1.54, 1.807) is 11.2 Å². The van der Waals surface area contributed by atoms with E-state index in [0.717, 1.165) is 19.3 Å². The zero-order valence-corrected chi connectivity index (χ0v) is 14.6. The summed E-state index contributed by atoms with van der Waals surface area (Å²) in [4.78, 5) is 12.1. The predicted octanol–water partition coefficient (Wildman–Crippen LogP) is 1.63. The molecule has 0 aromatic carbocycles. The number of carbonyl (C=O) groups is 1. The molecule has 2 fully saturated rings. The summed E-state index contributed by atoms with van der Waals surface area (Å²) in [6, 6.07) is -0.661. The average molecular weight is 332 g/mol. The Bertz CT molecular complexity index is 484. The Morgan fingerprint density at radius 3 is 2.41 bits per heavy atom. The van der Waals surface area contributed by atoms with Crippen LogP contribution in [-0.2, 0) is 19.7 Å². The van der Waals surface area contributed by atoms with Crippen LogP contribution in [0.4, 0.5) is 0 Å². The fraction of sp³-hybridized carbons (Fsp3) is 0.933. The van der Waals surface area contributed by atoms with E-state index in [0.29, 0.717) is 37.9 Å². The van der Waals surface area contributed by atoms with Crippen LogP contribution < -0.4 is 0 Å². The first-order valence-corrected chi connectivity index (χ1v) is 9.69. The molecule has 0 aromatic heterocycles. The summed E-state index contributed by atoms with van der Waals surface area (Å²) in [5.41, 5.74) is 0. The van der Waals surface area contributed by atoms with Crippen LogP contribution in [-0.4, -0.2) is 55.3 Å². The molecule has 128 valence electrons. The van der Waals surface area contributed by atoms with Crippen LogP contribution in [0.15, 0.2) is 0 Å². The van der Waals surface area contributed by atoms with Gasteiger partial charge < -0.3 is 4.74 Å². The Hall–Kier alpha value is -0.660. The van der Waals surface area contributed by atoms with Crippen molar-refractivity contribution in [2.75, 3.05) is 26.2 Å². The smallest absolute Gasteiger partial charge is 0.324 e. The van der Waals surface area contributed by atoms with Crippen LogP contribution in [0.2, 0.25) is 0 Å². The number of ether oxygens (including phenoxy) is 1. The van der Waals surface area contributed by atoms with E-state index in [1.807, 2.05) is 0 Å². The van der Waals surface area contributed by atoms with Gasteiger partial charge in [0.2, 0.25) is 0 Å². The van der Waals surface area contributed by atoms with Gasteiger partial charge in [-0.1, -0.05) is 13.8 Å². The minimum atomic E-state index is -3.60. The Kier molecular flexibility index (Phi) is 5.85. The van der Waals surface area contributed by atoms with Crippen LogP contribution >= 0.6 is 0 Å². The van der Waals surface area contributed by atoms with Gasteiger partial charge in [-0.15, -0.1) is 0 Å². The summed E-state index contributed by atoms with van der Waals surface area (Å²) in [6.07, 6.45) is 3.26. The molecule has 2 aliphatic heterocycles. The van der Waals surface area contributed by atoms with E-state index in [1.165, 1.54) is 4.31 Å². The van der Waals surface area contributed by atoms with E-state index in [9.17, 15) is 13.2 Å². The van der Waals surface area contributed by atoms with E-state index in [2.05, 4.69) is 13.8 Å². The van der Waals surface area contributed by atoms with Gasteiger partial charge in [0, 0.05) is 19.6 Å². The molecule has 2 rings (SSSR count). The zero-order chi connectivity index (χ0) is 16.3. The topological polar surface area (TPSA) is 66.9 Å². The molecule has 2 aliphatic rings. The molecule has 0 N–H and O–H groups in total. The van der Waals surface area contributed by atoms with Gasteiger partial charge in [-0.3, -0.25) is 4.79 Å². The van der Waals surface area contributed by atoms with Crippen molar-refractivity contribution in [3.8, 4) is 0 Å². The quantitative estimate of drug-likeness (QED) is 0.734. The zero-order valence-electron chi connectivity index (χ0n) is 13.8. The van der Waals surface area contributed by atoms with Crippen molar-refractivity contribution in [3.05, 3.63) is 0 Å². The number of hydrogen-bond acceptors (Lipinski definition) is 4. The van der Waals surface area contributed by atoms with Gasteiger partial charge in [-0.2, -0.15) is 17.0 Å². The molecule has 2 saturated heterocycles. The first-order valence-electron chi connectivity index (χ1n) is 8.29. The summed E-state index contributed by atoms with van der Waals surface area (Å²) in [6.45, 7) is 7.67. The van der Waals surface area contributed by atoms with Gasteiger partial charge in [0.1, 0.15) is 6.04 Å². The maximum atomic E-state index is 13.0. The Labute approximate surface area is 134 Å². The third-order valence-corrected chi connectivity index (χ3v) is 6.45. The van der Waals surface area contributed by atoms with Gasteiger partial charge in [0.05, 0.1) is 6.61 Å². The summed E-state index contributed by atoms with van der Waals surface area (Å²) in [5.74, 6) is 0.289. The number of piperidine rings is 2. The highest BCUT2D eigenvalue weighted by Crippen LogP contribution is 2.28. The van der Waals surface area contributed by atoms with Crippen LogP contribution in [0.1, 0.15) is 46.5 Å². The summed E-state index contributed by atoms with van der Waals surface area (Å²) < 4.78 is 34.0. The lowest BCUT2D eigenvalue weighted by molar-refractivity contribution is -0.148. The maximum Gasteiger partial charge on any atom is 0.324 e. The lowest BCUT2D eigenvalue weighted by atomic mass is 9.94. The van der Waals surface area contributed by atoms with E-state index < -0.39 is 22.2 Å². The molecule has 0 radical (unpaired) electrons. The molecule has 3 unspecified atom stereocenters. The normalized spacial score (nSPS) is 31.9. The summed E-state index contributed by atoms with van der Waals surface area (Å²) in [7, 11) is -3.60. The van der Waals surface area contributed by atoms with Crippen LogP contribution in [0, 0.1) is 11.8 Å². The molecule has 2 heterocycles. The monoisotopic (exact) mass is 332 g/mol. The SMILES string of the molecule is CCOC(=O)C1CCCCN1S(=O)(=O)N1CC(C)CC(C)C1. The third kappa shape index (κ3) is 3.81. The Morgan fingerprint density at radius 1 is 1.18 bits per heavy atom.